The second-order valence-corrected chi connectivity index (χ2v) is 5.88. The minimum atomic E-state index is -0.0899. The van der Waals surface area contributed by atoms with Crippen LogP contribution in [0.3, 0.4) is 0 Å². The molecular weight excluding hydrogens is 292 g/mol. The number of benzene rings is 1. The van der Waals surface area contributed by atoms with Gasteiger partial charge in [0, 0.05) is 25.2 Å². The summed E-state index contributed by atoms with van der Waals surface area (Å²) in [5.41, 5.74) is 1.87. The van der Waals surface area contributed by atoms with Crippen molar-refractivity contribution in [2.75, 3.05) is 19.7 Å². The highest BCUT2D eigenvalue weighted by Crippen LogP contribution is 2.11. The van der Waals surface area contributed by atoms with Crippen LogP contribution in [0.25, 0.3) is 0 Å². The Hall–Kier alpha value is -2.11. The second kappa shape index (κ2) is 7.44. The monoisotopic (exact) mass is 314 g/mol. The first-order valence-corrected chi connectivity index (χ1v) is 7.94. The SMILES string of the molecule is C[C@H]1CN(Cc2ccc(C(=O)NCc3ccco3)cc2)CCO1. The molecular formula is C18H22N2O3. The normalized spacial score (nSPS) is 18.7. The molecule has 5 nitrogen and oxygen atoms in total. The van der Waals surface area contributed by atoms with Crippen LogP contribution in [-0.2, 0) is 17.8 Å². The summed E-state index contributed by atoms with van der Waals surface area (Å²) in [6.07, 6.45) is 1.89. The maximum atomic E-state index is 12.1. The van der Waals surface area contributed by atoms with E-state index in [2.05, 4.69) is 17.1 Å². The van der Waals surface area contributed by atoms with Crippen molar-refractivity contribution in [2.45, 2.75) is 26.1 Å². The van der Waals surface area contributed by atoms with Crippen molar-refractivity contribution >= 4 is 5.91 Å². The lowest BCUT2D eigenvalue weighted by Gasteiger charge is -2.31. The van der Waals surface area contributed by atoms with Gasteiger partial charge in [0.15, 0.2) is 0 Å². The largest absolute Gasteiger partial charge is 0.467 e. The van der Waals surface area contributed by atoms with E-state index in [0.29, 0.717) is 12.1 Å². The molecule has 0 saturated carbocycles. The molecule has 0 spiro atoms. The Morgan fingerprint density at radius 2 is 2.13 bits per heavy atom. The summed E-state index contributed by atoms with van der Waals surface area (Å²) in [6.45, 7) is 6.08. The number of morpholine rings is 1. The number of furan rings is 1. The molecule has 5 heteroatoms. The third kappa shape index (κ3) is 4.43. The van der Waals surface area contributed by atoms with Crippen LogP contribution in [0.2, 0.25) is 0 Å². The van der Waals surface area contributed by atoms with Gasteiger partial charge in [-0.2, -0.15) is 0 Å². The third-order valence-electron chi connectivity index (χ3n) is 3.95. The highest BCUT2D eigenvalue weighted by molar-refractivity contribution is 5.94. The first-order valence-electron chi connectivity index (χ1n) is 7.94. The molecule has 23 heavy (non-hydrogen) atoms. The zero-order valence-electron chi connectivity index (χ0n) is 13.3. The predicted molar refractivity (Wildman–Crippen MR) is 87.0 cm³/mol. The van der Waals surface area contributed by atoms with Gasteiger partial charge in [0.05, 0.1) is 25.5 Å². The molecule has 1 N–H and O–H groups in total. The number of hydrogen-bond acceptors (Lipinski definition) is 4. The Labute approximate surface area is 136 Å². The average Bonchev–Trinajstić information content (AvgIpc) is 3.07. The Balaban J connectivity index is 1.52. The summed E-state index contributed by atoms with van der Waals surface area (Å²) in [6, 6.07) is 11.4. The molecule has 0 unspecified atom stereocenters. The van der Waals surface area contributed by atoms with Crippen LogP contribution in [0.4, 0.5) is 0 Å². The van der Waals surface area contributed by atoms with Crippen molar-refractivity contribution in [2.24, 2.45) is 0 Å². The van der Waals surface area contributed by atoms with Crippen molar-refractivity contribution in [1.82, 2.24) is 10.2 Å². The van der Waals surface area contributed by atoms with Crippen LogP contribution in [0.15, 0.2) is 47.1 Å². The summed E-state index contributed by atoms with van der Waals surface area (Å²) in [7, 11) is 0. The van der Waals surface area contributed by atoms with E-state index in [1.54, 1.807) is 6.26 Å². The topological polar surface area (TPSA) is 54.7 Å². The molecule has 1 aliphatic heterocycles. The lowest BCUT2D eigenvalue weighted by molar-refractivity contribution is -0.0212. The molecule has 0 aliphatic carbocycles. The lowest BCUT2D eigenvalue weighted by Crippen LogP contribution is -2.40. The van der Waals surface area contributed by atoms with E-state index in [1.807, 2.05) is 36.4 Å². The second-order valence-electron chi connectivity index (χ2n) is 5.88. The molecule has 3 rings (SSSR count). The molecule has 1 atom stereocenters. The molecule has 1 amide bonds. The highest BCUT2D eigenvalue weighted by atomic mass is 16.5. The van der Waals surface area contributed by atoms with Gasteiger partial charge in [-0.15, -0.1) is 0 Å². The number of ether oxygens (including phenoxy) is 1. The van der Waals surface area contributed by atoms with Crippen LogP contribution in [0, 0.1) is 0 Å². The van der Waals surface area contributed by atoms with Gasteiger partial charge < -0.3 is 14.5 Å². The quantitative estimate of drug-likeness (QED) is 0.921. The Kier molecular flexibility index (Phi) is 5.10. The number of amides is 1. The van der Waals surface area contributed by atoms with Crippen LogP contribution < -0.4 is 5.32 Å². The van der Waals surface area contributed by atoms with Gasteiger partial charge in [0.25, 0.3) is 5.91 Å². The number of rotatable bonds is 5. The first kappa shape index (κ1) is 15.8. The fourth-order valence-corrected chi connectivity index (χ4v) is 2.74. The van der Waals surface area contributed by atoms with Gasteiger partial charge in [0.2, 0.25) is 0 Å². The van der Waals surface area contributed by atoms with E-state index in [4.69, 9.17) is 9.15 Å². The Morgan fingerprint density at radius 3 is 2.83 bits per heavy atom. The van der Waals surface area contributed by atoms with E-state index in [9.17, 15) is 4.79 Å². The minimum Gasteiger partial charge on any atom is -0.467 e. The number of nitrogens with zero attached hydrogens (tertiary/aromatic N) is 1. The molecule has 1 saturated heterocycles. The van der Waals surface area contributed by atoms with Crippen LogP contribution in [-0.4, -0.2) is 36.6 Å². The van der Waals surface area contributed by atoms with Crippen LogP contribution in [0.5, 0.6) is 0 Å². The summed E-state index contributed by atoms with van der Waals surface area (Å²) in [4.78, 5) is 14.5. The van der Waals surface area contributed by atoms with Crippen LogP contribution in [0.1, 0.15) is 28.6 Å². The molecule has 122 valence electrons. The maximum Gasteiger partial charge on any atom is 0.251 e. The van der Waals surface area contributed by atoms with Gasteiger partial charge in [-0.3, -0.25) is 9.69 Å². The van der Waals surface area contributed by atoms with E-state index in [1.165, 1.54) is 5.56 Å². The van der Waals surface area contributed by atoms with Crippen LogP contribution >= 0.6 is 0 Å². The zero-order valence-corrected chi connectivity index (χ0v) is 13.3. The van der Waals surface area contributed by atoms with Gasteiger partial charge in [-0.05, 0) is 36.8 Å². The lowest BCUT2D eigenvalue weighted by atomic mass is 10.1. The van der Waals surface area contributed by atoms with E-state index < -0.39 is 0 Å². The predicted octanol–water partition coefficient (Wildman–Crippen LogP) is 2.43. The van der Waals surface area contributed by atoms with Gasteiger partial charge in [-0.25, -0.2) is 0 Å². The molecule has 2 heterocycles. The maximum absolute atomic E-state index is 12.1. The molecule has 1 aliphatic rings. The van der Waals surface area contributed by atoms with Gasteiger partial charge in [0.1, 0.15) is 5.76 Å². The summed E-state index contributed by atoms with van der Waals surface area (Å²) < 4.78 is 10.8. The van der Waals surface area contributed by atoms with Gasteiger partial charge >= 0.3 is 0 Å². The van der Waals surface area contributed by atoms with Crippen molar-refractivity contribution in [3.05, 3.63) is 59.5 Å². The fourth-order valence-electron chi connectivity index (χ4n) is 2.74. The van der Waals surface area contributed by atoms with E-state index in [-0.39, 0.29) is 12.0 Å². The molecule has 0 bridgehead atoms. The van der Waals surface area contributed by atoms with Crippen molar-refractivity contribution in [3.8, 4) is 0 Å². The molecule has 1 aromatic carbocycles. The fraction of sp³-hybridized carbons (Fsp3) is 0.389. The molecule has 1 fully saturated rings. The number of hydrogen-bond donors (Lipinski definition) is 1. The minimum absolute atomic E-state index is 0.0899. The molecule has 2 aromatic rings. The smallest absolute Gasteiger partial charge is 0.251 e. The standard InChI is InChI=1S/C18H22N2O3/c1-14-12-20(8-10-22-14)13-15-4-6-16(7-5-15)18(21)19-11-17-3-2-9-23-17/h2-7,9,14H,8,10-13H2,1H3,(H,19,21)/t14-/m0/s1. The molecule has 1 aromatic heterocycles. The Bertz CT molecular complexity index is 622. The summed E-state index contributed by atoms with van der Waals surface area (Å²) in [5.74, 6) is 0.657. The summed E-state index contributed by atoms with van der Waals surface area (Å²) in [5, 5.41) is 2.85. The number of carbonyl (C=O) groups is 1. The van der Waals surface area contributed by atoms with Crippen molar-refractivity contribution < 1.29 is 13.9 Å². The number of nitrogens with one attached hydrogen (secondary N) is 1. The highest BCUT2D eigenvalue weighted by Gasteiger charge is 2.16. The first-order chi connectivity index (χ1) is 11.2. The average molecular weight is 314 g/mol. The van der Waals surface area contributed by atoms with E-state index in [0.717, 1.165) is 32.0 Å². The molecule has 0 radical (unpaired) electrons. The van der Waals surface area contributed by atoms with E-state index >= 15 is 0 Å². The van der Waals surface area contributed by atoms with Crippen molar-refractivity contribution in [3.63, 3.8) is 0 Å². The summed E-state index contributed by atoms with van der Waals surface area (Å²) >= 11 is 0. The number of carbonyl (C=O) groups excluding carboxylic acids is 1. The van der Waals surface area contributed by atoms with Crippen molar-refractivity contribution in [1.29, 1.82) is 0 Å². The Morgan fingerprint density at radius 1 is 1.30 bits per heavy atom. The third-order valence-corrected chi connectivity index (χ3v) is 3.95. The van der Waals surface area contributed by atoms with Gasteiger partial charge in [-0.1, -0.05) is 12.1 Å². The zero-order chi connectivity index (χ0) is 16.1.